The van der Waals surface area contributed by atoms with E-state index >= 15 is 0 Å². The van der Waals surface area contributed by atoms with Gasteiger partial charge in [0.25, 0.3) is 0 Å². The molecule has 2 aromatic rings. The normalized spacial score (nSPS) is 14.5. The van der Waals surface area contributed by atoms with Gasteiger partial charge < -0.3 is 9.80 Å². The Balaban J connectivity index is 1.85. The van der Waals surface area contributed by atoms with Crippen molar-refractivity contribution in [3.05, 3.63) is 58.3 Å². The molecule has 0 aliphatic carbocycles. The Bertz CT molecular complexity index is 714. The highest BCUT2D eigenvalue weighted by molar-refractivity contribution is 5.60. The molecule has 0 unspecified atom stereocenters. The molecule has 0 radical (unpaired) electrons. The van der Waals surface area contributed by atoms with Crippen LogP contribution < -0.4 is 9.80 Å². The first-order valence-electron chi connectivity index (χ1n) is 8.30. The van der Waals surface area contributed by atoms with Gasteiger partial charge in [-0.25, -0.2) is 4.98 Å². The molecule has 2 heterocycles. The summed E-state index contributed by atoms with van der Waals surface area (Å²) in [6, 6.07) is 11.4. The first-order valence-corrected chi connectivity index (χ1v) is 8.30. The van der Waals surface area contributed by atoms with Crippen LogP contribution in [0.4, 0.5) is 17.2 Å². The van der Waals surface area contributed by atoms with E-state index < -0.39 is 0 Å². The predicted octanol–water partition coefficient (Wildman–Crippen LogP) is 3.62. The molecular formula is C18H22N4O2. The lowest BCUT2D eigenvalue weighted by atomic mass is 10.1. The first-order chi connectivity index (χ1) is 11.7. The monoisotopic (exact) mass is 326 g/mol. The van der Waals surface area contributed by atoms with E-state index in [1.165, 1.54) is 36.6 Å². The van der Waals surface area contributed by atoms with Crippen molar-refractivity contribution in [3.63, 3.8) is 0 Å². The average molecular weight is 326 g/mol. The zero-order valence-electron chi connectivity index (χ0n) is 13.9. The van der Waals surface area contributed by atoms with Gasteiger partial charge in [0, 0.05) is 44.6 Å². The molecule has 0 amide bonds. The molecule has 6 heteroatoms. The smallest absolute Gasteiger partial charge is 0.311 e. The maximum atomic E-state index is 11.2. The second-order valence-electron chi connectivity index (χ2n) is 6.14. The molecule has 1 aliphatic rings. The Morgan fingerprint density at radius 2 is 1.92 bits per heavy atom. The fourth-order valence-electron chi connectivity index (χ4n) is 3.24. The van der Waals surface area contributed by atoms with Gasteiger partial charge in [0.2, 0.25) is 5.82 Å². The van der Waals surface area contributed by atoms with Gasteiger partial charge in [-0.1, -0.05) is 18.2 Å². The third kappa shape index (κ3) is 3.48. The topological polar surface area (TPSA) is 62.5 Å². The third-order valence-electron chi connectivity index (χ3n) is 4.42. The van der Waals surface area contributed by atoms with Gasteiger partial charge in [0.1, 0.15) is 0 Å². The molecule has 1 saturated heterocycles. The predicted molar refractivity (Wildman–Crippen MR) is 95.5 cm³/mol. The molecule has 0 bridgehead atoms. The number of hydrogen-bond acceptors (Lipinski definition) is 5. The molecule has 0 saturated carbocycles. The summed E-state index contributed by atoms with van der Waals surface area (Å²) < 4.78 is 0. The summed E-state index contributed by atoms with van der Waals surface area (Å²) in [4.78, 5) is 19.3. The number of nitrogens with zero attached hydrogens (tertiary/aromatic N) is 4. The van der Waals surface area contributed by atoms with E-state index in [1.807, 2.05) is 18.0 Å². The van der Waals surface area contributed by atoms with Crippen LogP contribution >= 0.6 is 0 Å². The number of para-hydroxylation sites is 1. The van der Waals surface area contributed by atoms with Crippen LogP contribution in [0.3, 0.4) is 0 Å². The van der Waals surface area contributed by atoms with Crippen LogP contribution in [0.5, 0.6) is 0 Å². The summed E-state index contributed by atoms with van der Waals surface area (Å²) in [5.41, 5.74) is 2.43. The van der Waals surface area contributed by atoms with Crippen molar-refractivity contribution in [2.24, 2.45) is 0 Å². The van der Waals surface area contributed by atoms with Crippen molar-refractivity contribution < 1.29 is 4.92 Å². The van der Waals surface area contributed by atoms with Gasteiger partial charge in [0.15, 0.2) is 0 Å². The largest absolute Gasteiger partial charge is 0.371 e. The van der Waals surface area contributed by atoms with Crippen LogP contribution in [0.25, 0.3) is 0 Å². The lowest BCUT2D eigenvalue weighted by molar-refractivity contribution is -0.384. The number of nitro groups is 1. The summed E-state index contributed by atoms with van der Waals surface area (Å²) in [6.07, 6.45) is 5.32. The lowest BCUT2D eigenvalue weighted by Crippen LogP contribution is -2.31. The van der Waals surface area contributed by atoms with Gasteiger partial charge in [-0.05, 0) is 37.0 Å². The van der Waals surface area contributed by atoms with E-state index in [4.69, 9.17) is 0 Å². The molecule has 0 atom stereocenters. The Hall–Kier alpha value is -2.63. The lowest BCUT2D eigenvalue weighted by Gasteiger charge is -2.31. The summed E-state index contributed by atoms with van der Waals surface area (Å²) in [5.74, 6) is 0.399. The molecule has 0 N–H and O–H groups in total. The number of hydrogen-bond donors (Lipinski definition) is 0. The van der Waals surface area contributed by atoms with Crippen molar-refractivity contribution in [3.8, 4) is 0 Å². The number of aromatic nitrogens is 1. The minimum atomic E-state index is -0.380. The van der Waals surface area contributed by atoms with Crippen molar-refractivity contribution in [2.75, 3.05) is 29.9 Å². The van der Waals surface area contributed by atoms with Crippen LogP contribution in [0.15, 0.2) is 42.6 Å². The highest BCUT2D eigenvalue weighted by Crippen LogP contribution is 2.29. The van der Waals surface area contributed by atoms with Gasteiger partial charge in [-0.3, -0.25) is 10.1 Å². The van der Waals surface area contributed by atoms with Crippen LogP contribution in [-0.4, -0.2) is 30.0 Å². The minimum Gasteiger partial charge on any atom is -0.371 e. The fourth-order valence-corrected chi connectivity index (χ4v) is 3.24. The minimum absolute atomic E-state index is 0.0375. The molecule has 1 fully saturated rings. The van der Waals surface area contributed by atoms with E-state index in [2.05, 4.69) is 28.1 Å². The van der Waals surface area contributed by atoms with Gasteiger partial charge in [-0.15, -0.1) is 0 Å². The zero-order valence-corrected chi connectivity index (χ0v) is 13.9. The van der Waals surface area contributed by atoms with Crippen LogP contribution in [0, 0.1) is 10.1 Å². The zero-order chi connectivity index (χ0) is 16.9. The maximum absolute atomic E-state index is 11.2. The molecule has 126 valence electrons. The van der Waals surface area contributed by atoms with Crippen molar-refractivity contribution in [2.45, 2.75) is 25.8 Å². The molecule has 3 rings (SSSR count). The van der Waals surface area contributed by atoms with Gasteiger partial charge in [0.05, 0.1) is 4.92 Å². The highest BCUT2D eigenvalue weighted by Gasteiger charge is 2.20. The standard InChI is InChI=1S/C18H22N4O2/c1-20(18-17(22(23)24)10-7-11-19-18)14-15-8-3-4-9-16(15)21-12-5-2-6-13-21/h3-4,7-11H,2,5-6,12-14H2,1H3. The number of benzene rings is 1. The third-order valence-corrected chi connectivity index (χ3v) is 4.42. The Morgan fingerprint density at radius 3 is 2.67 bits per heavy atom. The van der Waals surface area contributed by atoms with Crippen molar-refractivity contribution >= 4 is 17.2 Å². The average Bonchev–Trinajstić information content (AvgIpc) is 2.63. The molecule has 1 aromatic carbocycles. The van der Waals surface area contributed by atoms with E-state index in [1.54, 1.807) is 12.3 Å². The molecule has 1 aromatic heterocycles. The second-order valence-corrected chi connectivity index (χ2v) is 6.14. The maximum Gasteiger partial charge on any atom is 0.311 e. The molecule has 24 heavy (non-hydrogen) atoms. The summed E-state index contributed by atoms with van der Waals surface area (Å²) in [5, 5.41) is 11.2. The summed E-state index contributed by atoms with van der Waals surface area (Å²) >= 11 is 0. The van der Waals surface area contributed by atoms with Crippen LogP contribution in [0.2, 0.25) is 0 Å². The van der Waals surface area contributed by atoms with Crippen molar-refractivity contribution in [1.29, 1.82) is 0 Å². The highest BCUT2D eigenvalue weighted by atomic mass is 16.6. The molecular weight excluding hydrogens is 304 g/mol. The quantitative estimate of drug-likeness (QED) is 0.620. The summed E-state index contributed by atoms with van der Waals surface area (Å²) in [7, 11) is 1.85. The van der Waals surface area contributed by atoms with Crippen molar-refractivity contribution in [1.82, 2.24) is 4.98 Å². The number of piperidine rings is 1. The Morgan fingerprint density at radius 1 is 1.17 bits per heavy atom. The number of rotatable bonds is 5. The molecule has 0 spiro atoms. The van der Waals surface area contributed by atoms with Gasteiger partial charge in [-0.2, -0.15) is 0 Å². The molecule has 6 nitrogen and oxygen atoms in total. The Kier molecular flexibility index (Phi) is 4.93. The fraction of sp³-hybridized carbons (Fsp3) is 0.389. The van der Waals surface area contributed by atoms with Crippen LogP contribution in [0.1, 0.15) is 24.8 Å². The van der Waals surface area contributed by atoms with E-state index in [0.717, 1.165) is 13.1 Å². The second kappa shape index (κ2) is 7.29. The SMILES string of the molecule is CN(Cc1ccccc1N1CCCCC1)c1ncccc1[N+](=O)[O-]. The number of pyridine rings is 1. The Labute approximate surface area is 141 Å². The number of anilines is 2. The summed E-state index contributed by atoms with van der Waals surface area (Å²) in [6.45, 7) is 2.74. The first kappa shape index (κ1) is 16.2. The van der Waals surface area contributed by atoms with Gasteiger partial charge >= 0.3 is 5.69 Å². The molecule has 1 aliphatic heterocycles. The van der Waals surface area contributed by atoms with E-state index in [9.17, 15) is 10.1 Å². The van der Waals surface area contributed by atoms with E-state index in [0.29, 0.717) is 12.4 Å². The van der Waals surface area contributed by atoms with Crippen LogP contribution in [-0.2, 0) is 6.54 Å². The van der Waals surface area contributed by atoms with E-state index in [-0.39, 0.29) is 10.6 Å².